The summed E-state index contributed by atoms with van der Waals surface area (Å²) in [4.78, 5) is 56.7. The van der Waals surface area contributed by atoms with Gasteiger partial charge in [0, 0.05) is 46.7 Å². The number of carbonyl (C=O) groups is 4. The number of ketones is 1. The summed E-state index contributed by atoms with van der Waals surface area (Å²) < 4.78 is 123. The lowest BCUT2D eigenvalue weighted by atomic mass is 9.94. The van der Waals surface area contributed by atoms with Crippen LogP contribution in [0.1, 0.15) is 291 Å². The summed E-state index contributed by atoms with van der Waals surface area (Å²) in [6, 6.07) is -2.66. The molecule has 0 aliphatic carbocycles. The quantitative estimate of drug-likeness (QED) is 0.0188. The zero-order valence-electron chi connectivity index (χ0n) is 67.8. The van der Waals surface area contributed by atoms with Crippen molar-refractivity contribution in [1.82, 2.24) is 10.6 Å². The highest BCUT2D eigenvalue weighted by molar-refractivity contribution is 7.48. The zero-order valence-corrected chi connectivity index (χ0v) is 69.5. The minimum atomic E-state index is -4.68. The molecule has 2 N–H and O–H groups in total. The second-order valence-electron chi connectivity index (χ2n) is 28.4. The molecule has 23 nitrogen and oxygen atoms in total. The normalized spacial score (nSPS) is 20.6. The van der Waals surface area contributed by atoms with Gasteiger partial charge in [0.2, 0.25) is 11.8 Å². The summed E-state index contributed by atoms with van der Waals surface area (Å²) in [5.74, 6) is -1.36. The number of ether oxygens (including phenoxy) is 9. The molecule has 0 aromatic rings. The number of phosphoric ester groups is 2. The molecule has 2 aliphatic heterocycles. The fraction of sp³-hybridized carbons (Fsp3) is 0.807. The maximum Gasteiger partial charge on any atom is 0.509 e. The van der Waals surface area contributed by atoms with E-state index in [-0.39, 0.29) is 96.5 Å². The molecule has 0 spiro atoms. The van der Waals surface area contributed by atoms with E-state index >= 15 is 0 Å². The average molecular weight is 1570 g/mol. The van der Waals surface area contributed by atoms with Gasteiger partial charge in [-0.15, -0.1) is 26.3 Å². The van der Waals surface area contributed by atoms with Gasteiger partial charge in [0.25, 0.3) is 0 Å². The lowest BCUT2D eigenvalue weighted by Crippen LogP contribution is -2.66. The number of hydrogen-bond donors (Lipinski definition) is 2. The summed E-state index contributed by atoms with van der Waals surface area (Å²) in [6.07, 6.45) is 36.7. The van der Waals surface area contributed by atoms with Gasteiger partial charge in [-0.3, -0.25) is 41.5 Å². The van der Waals surface area contributed by atoms with E-state index in [1.54, 1.807) is 7.11 Å². The van der Waals surface area contributed by atoms with E-state index in [0.29, 0.717) is 25.7 Å². The average Bonchev–Trinajstić information content (AvgIpc) is 0.782. The summed E-state index contributed by atoms with van der Waals surface area (Å²) in [6.45, 7) is 25.9. The van der Waals surface area contributed by atoms with Crippen LogP contribution in [0.15, 0.2) is 75.4 Å². The molecular formula is C83H148N2O21P2. The Morgan fingerprint density at radius 2 is 0.870 bits per heavy atom. The molecule has 108 heavy (non-hydrogen) atoms. The van der Waals surface area contributed by atoms with E-state index in [1.807, 2.05) is 0 Å². The first kappa shape index (κ1) is 100. The molecule has 0 unspecified atom stereocenters. The highest BCUT2D eigenvalue weighted by Gasteiger charge is 2.55. The molecule has 0 aromatic carbocycles. The third kappa shape index (κ3) is 47.1. The first-order valence-corrected chi connectivity index (χ1v) is 44.5. The summed E-state index contributed by atoms with van der Waals surface area (Å²) in [5.41, 5.74) is 0. The number of methoxy groups -OCH3 is 2. The van der Waals surface area contributed by atoms with E-state index < -0.39 is 95.4 Å². The maximum absolute atomic E-state index is 14.8. The standard InChI is InChI=1S/C83H148N2O21P2/c1-12-21-25-29-32-35-36-37-38-39-40-42-44-48-52-56-73(87)84-75-80(95-65-57-70(93-11)55-51-46-28-24-15-4)78(105-107(90,98-60-17-6)99-61-18-7)72(68-92-10)103-81(75)96-66-58-71-77(104-83(89)97-59-16-5)79(94-64-53-49-45-34-31-27-23-14-3)76(82(102-71)106-108(91,100-62-19-8)101-63-20-9)85-74(88)67-69(86)54-50-47-43-41-33-30-26-22-13-2/h16-20,35-36,70-72,75-82H,5-9,12-15,21-34,37-68H2,1-4,10-11H3,(H,84,87)(H,85,88)/b36-35-/t70-,71-,72-,75-,76-,77-,78-,79-,80-,81-,82-/m1/s1. The van der Waals surface area contributed by atoms with Gasteiger partial charge < -0.3 is 53.3 Å². The molecular weight excluding hydrogens is 1420 g/mol. The van der Waals surface area contributed by atoms with Crippen molar-refractivity contribution in [2.24, 2.45) is 0 Å². The van der Waals surface area contributed by atoms with E-state index in [9.17, 15) is 28.3 Å². The monoisotopic (exact) mass is 1570 g/mol. The third-order valence-electron chi connectivity index (χ3n) is 19.0. The number of carbonyl (C=O) groups excluding carboxylic acids is 4. The largest absolute Gasteiger partial charge is 0.509 e. The maximum atomic E-state index is 14.8. The molecule has 2 rings (SSSR count). The van der Waals surface area contributed by atoms with Crippen LogP contribution >= 0.6 is 15.6 Å². The Bertz CT molecular complexity index is 2440. The number of amides is 2. The Kier molecular flexibility index (Phi) is 61.9. The highest BCUT2D eigenvalue weighted by Crippen LogP contribution is 2.54. The summed E-state index contributed by atoms with van der Waals surface area (Å²) in [5, 5.41) is 6.10. The van der Waals surface area contributed by atoms with Crippen molar-refractivity contribution >= 4 is 39.4 Å². The van der Waals surface area contributed by atoms with Gasteiger partial charge in [-0.2, -0.15) is 0 Å². The number of unbranched alkanes of at least 4 members (excludes halogenated alkanes) is 30. The number of hydrogen-bond acceptors (Lipinski definition) is 21. The van der Waals surface area contributed by atoms with Crippen LogP contribution in [-0.2, 0) is 93.3 Å². The van der Waals surface area contributed by atoms with Crippen LogP contribution in [0.4, 0.5) is 4.79 Å². The van der Waals surface area contributed by atoms with Crippen molar-refractivity contribution < 1.29 is 98.1 Å². The Balaban J connectivity index is 2.85. The predicted octanol–water partition coefficient (Wildman–Crippen LogP) is 20.2. The topological polar surface area (TPSA) is 265 Å². The molecule has 0 bridgehead atoms. The summed E-state index contributed by atoms with van der Waals surface area (Å²) >= 11 is 0. The number of rotatable bonds is 75. The van der Waals surface area contributed by atoms with Gasteiger partial charge in [-0.25, -0.2) is 13.9 Å². The van der Waals surface area contributed by atoms with E-state index in [0.717, 1.165) is 161 Å². The number of phosphoric acid groups is 2. The van der Waals surface area contributed by atoms with Crippen molar-refractivity contribution in [1.29, 1.82) is 0 Å². The van der Waals surface area contributed by atoms with Gasteiger partial charge in [0.05, 0.1) is 52.2 Å². The molecule has 2 amide bonds. The second-order valence-corrected chi connectivity index (χ2v) is 31.6. The minimum Gasteiger partial charge on any atom is -0.430 e. The number of Topliss-reactive ketones (excluding diaryl/α,β-unsaturated/α-hetero) is 1. The molecule has 0 saturated carbocycles. The Morgan fingerprint density at radius 3 is 1.39 bits per heavy atom. The van der Waals surface area contributed by atoms with Gasteiger partial charge >= 0.3 is 21.8 Å². The SMILES string of the molecule is C=CCOC(=O)O[C@H]1[C@H](OCCCCCCCCCC)[C@@H](NC(=O)CC(=O)CCCCCCCCCCC)[C@@H](OP(=O)(OCC=C)OCC=C)O[C@@H]1CCO[C@@H]1O[C@H](COC)[C@@H](OP(=O)(OCC=C)OCC=C)[C@H](OCC[C@@H](CCCCCCC)OC)[C@H]1NC(=O)CCCCCCCCC/C=C\CCCCCC. The van der Waals surface area contributed by atoms with E-state index in [2.05, 4.69) is 83.4 Å². The lowest BCUT2D eigenvalue weighted by Gasteiger charge is -2.47. The van der Waals surface area contributed by atoms with Crippen molar-refractivity contribution in [2.45, 2.75) is 358 Å². The number of nitrogens with one attached hydrogen (secondary N) is 2. The molecule has 2 saturated heterocycles. The van der Waals surface area contributed by atoms with Crippen LogP contribution in [0.3, 0.4) is 0 Å². The van der Waals surface area contributed by atoms with Crippen molar-refractivity contribution in [3.05, 3.63) is 75.4 Å². The fourth-order valence-corrected chi connectivity index (χ4v) is 15.6. The van der Waals surface area contributed by atoms with Crippen LogP contribution in [0.2, 0.25) is 0 Å². The zero-order chi connectivity index (χ0) is 79.0. The van der Waals surface area contributed by atoms with Gasteiger partial charge in [0.1, 0.15) is 55.0 Å². The Hall–Kier alpha value is -3.74. The van der Waals surface area contributed by atoms with E-state index in [1.165, 1.54) is 88.9 Å². The van der Waals surface area contributed by atoms with Crippen LogP contribution in [0.5, 0.6) is 0 Å². The van der Waals surface area contributed by atoms with Crippen molar-refractivity contribution in [2.75, 3.05) is 73.7 Å². The molecule has 25 heteroatoms. The number of allylic oxidation sites excluding steroid dienone is 2. The second kappa shape index (κ2) is 66.7. The molecule has 2 fully saturated rings. The van der Waals surface area contributed by atoms with Crippen LogP contribution in [0, 0.1) is 0 Å². The summed E-state index contributed by atoms with van der Waals surface area (Å²) in [7, 11) is -6.07. The molecule has 2 heterocycles. The third-order valence-corrected chi connectivity index (χ3v) is 21.8. The first-order valence-electron chi connectivity index (χ1n) is 41.5. The smallest absolute Gasteiger partial charge is 0.430 e. The van der Waals surface area contributed by atoms with Crippen LogP contribution < -0.4 is 10.6 Å². The predicted molar refractivity (Wildman–Crippen MR) is 428 cm³/mol. The van der Waals surface area contributed by atoms with Crippen molar-refractivity contribution in [3.63, 3.8) is 0 Å². The van der Waals surface area contributed by atoms with Gasteiger partial charge in [-0.05, 0) is 57.8 Å². The molecule has 0 aromatic heterocycles. The molecule has 2 aliphatic rings. The first-order chi connectivity index (χ1) is 52.6. The van der Waals surface area contributed by atoms with Gasteiger partial charge in [0.15, 0.2) is 18.7 Å². The fourth-order valence-electron chi connectivity index (χ4n) is 13.1. The lowest BCUT2D eigenvalue weighted by molar-refractivity contribution is -0.283. The van der Waals surface area contributed by atoms with Gasteiger partial charge in [-0.1, -0.05) is 257 Å². The highest BCUT2D eigenvalue weighted by atomic mass is 31.2. The van der Waals surface area contributed by atoms with Crippen LogP contribution in [0.25, 0.3) is 0 Å². The Labute approximate surface area is 652 Å². The molecule has 11 atom stereocenters. The van der Waals surface area contributed by atoms with Crippen molar-refractivity contribution in [3.8, 4) is 0 Å². The Morgan fingerprint density at radius 1 is 0.435 bits per heavy atom. The minimum absolute atomic E-state index is 0.0815. The van der Waals surface area contributed by atoms with E-state index in [4.69, 9.17) is 69.8 Å². The molecule has 0 radical (unpaired) electrons. The van der Waals surface area contributed by atoms with Crippen LogP contribution in [-0.4, -0.2) is 165 Å². The molecule has 626 valence electrons.